The first-order chi connectivity index (χ1) is 13.6. The van der Waals surface area contributed by atoms with Crippen LogP contribution in [0.25, 0.3) is 0 Å². The Morgan fingerprint density at radius 2 is 1.57 bits per heavy atom. The summed E-state index contributed by atoms with van der Waals surface area (Å²) in [5, 5.41) is 0.776. The van der Waals surface area contributed by atoms with Crippen molar-refractivity contribution in [2.45, 2.75) is 6.54 Å². The number of rotatable bonds is 6. The van der Waals surface area contributed by atoms with E-state index < -0.39 is 0 Å². The normalized spacial score (nSPS) is 14.6. The number of ether oxygens (including phenoxy) is 3. The largest absolute Gasteiger partial charge is 0.493 e. The van der Waals surface area contributed by atoms with Crippen molar-refractivity contribution in [2.24, 2.45) is 0 Å². The fraction of sp³-hybridized carbons (Fsp3) is 0.381. The molecule has 150 valence electrons. The van der Waals surface area contributed by atoms with Crippen LogP contribution >= 0.6 is 11.6 Å². The van der Waals surface area contributed by atoms with Gasteiger partial charge >= 0.3 is 0 Å². The third-order valence-corrected chi connectivity index (χ3v) is 5.29. The summed E-state index contributed by atoms with van der Waals surface area (Å²) in [6.07, 6.45) is 0. The summed E-state index contributed by atoms with van der Waals surface area (Å²) in [5.74, 6) is 1.38. The maximum absolute atomic E-state index is 13.0. The lowest BCUT2D eigenvalue weighted by Crippen LogP contribution is -2.48. The number of halogens is 1. The molecule has 0 spiro atoms. The summed E-state index contributed by atoms with van der Waals surface area (Å²) in [4.78, 5) is 17.1. The summed E-state index contributed by atoms with van der Waals surface area (Å²) in [7, 11) is 4.62. The second-order valence-corrected chi connectivity index (χ2v) is 6.98. The van der Waals surface area contributed by atoms with Gasteiger partial charge in [-0.1, -0.05) is 29.8 Å². The number of methoxy groups -OCH3 is 3. The highest BCUT2D eigenvalue weighted by Crippen LogP contribution is 2.38. The van der Waals surface area contributed by atoms with Crippen molar-refractivity contribution in [3.8, 4) is 17.2 Å². The number of nitrogens with zero attached hydrogens (tertiary/aromatic N) is 2. The number of benzene rings is 2. The predicted molar refractivity (Wildman–Crippen MR) is 109 cm³/mol. The van der Waals surface area contributed by atoms with E-state index in [2.05, 4.69) is 4.90 Å². The highest BCUT2D eigenvalue weighted by molar-refractivity contribution is 6.31. The average molecular weight is 405 g/mol. The predicted octanol–water partition coefficient (Wildman–Crippen LogP) is 3.32. The van der Waals surface area contributed by atoms with Crippen molar-refractivity contribution < 1.29 is 19.0 Å². The van der Waals surface area contributed by atoms with Crippen LogP contribution in [0.1, 0.15) is 15.9 Å². The smallest absolute Gasteiger partial charge is 0.254 e. The quantitative estimate of drug-likeness (QED) is 0.739. The van der Waals surface area contributed by atoms with E-state index in [9.17, 15) is 4.79 Å². The zero-order valence-electron chi connectivity index (χ0n) is 16.4. The Morgan fingerprint density at radius 1 is 0.964 bits per heavy atom. The number of amides is 1. The molecule has 2 aromatic rings. The zero-order valence-corrected chi connectivity index (χ0v) is 17.2. The molecule has 28 heavy (non-hydrogen) atoms. The van der Waals surface area contributed by atoms with Gasteiger partial charge in [0.25, 0.3) is 5.91 Å². The lowest BCUT2D eigenvalue weighted by Gasteiger charge is -2.35. The molecule has 0 aliphatic carbocycles. The Morgan fingerprint density at radius 3 is 2.11 bits per heavy atom. The van der Waals surface area contributed by atoms with Crippen LogP contribution in [-0.2, 0) is 6.54 Å². The minimum absolute atomic E-state index is 0.0448. The van der Waals surface area contributed by atoms with Crippen LogP contribution < -0.4 is 14.2 Å². The standard InChI is InChI=1S/C21H25ClN2O4/c1-26-18-12-16(13-19(27-2)20(18)28-3)21(25)24-10-8-23(9-11-24)14-15-6-4-5-7-17(15)22/h4-7,12-13H,8-11,14H2,1-3H3. The van der Waals surface area contributed by atoms with Gasteiger partial charge in [0.15, 0.2) is 11.5 Å². The molecule has 7 heteroatoms. The number of hydrogen-bond acceptors (Lipinski definition) is 5. The van der Waals surface area contributed by atoms with Gasteiger partial charge in [0.1, 0.15) is 0 Å². The molecule has 1 amide bonds. The third kappa shape index (κ3) is 4.34. The Labute approximate surface area is 170 Å². The maximum Gasteiger partial charge on any atom is 0.254 e. The molecule has 1 aliphatic rings. The maximum atomic E-state index is 13.0. The van der Waals surface area contributed by atoms with Gasteiger partial charge in [0.05, 0.1) is 21.3 Å². The molecule has 1 aliphatic heterocycles. The number of carbonyl (C=O) groups excluding carboxylic acids is 1. The molecule has 6 nitrogen and oxygen atoms in total. The lowest BCUT2D eigenvalue weighted by atomic mass is 10.1. The molecule has 0 saturated carbocycles. The molecule has 3 rings (SSSR count). The Balaban J connectivity index is 1.67. The van der Waals surface area contributed by atoms with Gasteiger partial charge in [-0.25, -0.2) is 0 Å². The summed E-state index contributed by atoms with van der Waals surface area (Å²) in [6.45, 7) is 3.68. The van der Waals surface area contributed by atoms with Gasteiger partial charge in [-0.3, -0.25) is 9.69 Å². The monoisotopic (exact) mass is 404 g/mol. The Hall–Kier alpha value is -2.44. The fourth-order valence-corrected chi connectivity index (χ4v) is 3.56. The topological polar surface area (TPSA) is 51.2 Å². The number of carbonyl (C=O) groups is 1. The summed E-state index contributed by atoms with van der Waals surface area (Å²) >= 11 is 6.26. The van der Waals surface area contributed by atoms with E-state index in [1.54, 1.807) is 33.5 Å². The number of piperazine rings is 1. The first kappa shape index (κ1) is 20.3. The molecule has 1 fully saturated rings. The van der Waals surface area contributed by atoms with Crippen molar-refractivity contribution in [1.82, 2.24) is 9.80 Å². The van der Waals surface area contributed by atoms with Crippen molar-refractivity contribution in [3.63, 3.8) is 0 Å². The third-order valence-electron chi connectivity index (χ3n) is 4.92. The molecule has 0 atom stereocenters. The van der Waals surface area contributed by atoms with Crippen LogP contribution in [0.5, 0.6) is 17.2 Å². The van der Waals surface area contributed by atoms with Gasteiger partial charge in [-0.05, 0) is 23.8 Å². The summed E-state index contributed by atoms with van der Waals surface area (Å²) in [5.41, 5.74) is 1.63. The molecule has 2 aromatic carbocycles. The molecule has 1 heterocycles. The van der Waals surface area contributed by atoms with Crippen LogP contribution in [0, 0.1) is 0 Å². The van der Waals surface area contributed by atoms with Gasteiger partial charge in [-0.2, -0.15) is 0 Å². The van der Waals surface area contributed by atoms with Crippen molar-refractivity contribution in [1.29, 1.82) is 0 Å². The molecular formula is C21H25ClN2O4. The van der Waals surface area contributed by atoms with Crippen molar-refractivity contribution in [3.05, 3.63) is 52.5 Å². The second kappa shape index (κ2) is 9.17. The average Bonchev–Trinajstić information content (AvgIpc) is 2.74. The summed E-state index contributed by atoms with van der Waals surface area (Å²) in [6, 6.07) is 11.3. The zero-order chi connectivity index (χ0) is 20.1. The highest BCUT2D eigenvalue weighted by atomic mass is 35.5. The van der Waals surface area contributed by atoms with Crippen LogP contribution in [0.2, 0.25) is 5.02 Å². The Kier molecular flexibility index (Phi) is 6.65. The molecule has 0 unspecified atom stereocenters. The van der Waals surface area contributed by atoms with Gasteiger partial charge in [-0.15, -0.1) is 0 Å². The van der Waals surface area contributed by atoms with Crippen LogP contribution in [0.4, 0.5) is 0 Å². The molecule has 0 N–H and O–H groups in total. The van der Waals surface area contributed by atoms with E-state index >= 15 is 0 Å². The first-order valence-electron chi connectivity index (χ1n) is 9.12. The van der Waals surface area contributed by atoms with Crippen LogP contribution in [0.15, 0.2) is 36.4 Å². The molecule has 0 radical (unpaired) electrons. The lowest BCUT2D eigenvalue weighted by molar-refractivity contribution is 0.0627. The SMILES string of the molecule is COc1cc(C(=O)N2CCN(Cc3ccccc3Cl)CC2)cc(OC)c1OC. The van der Waals surface area contributed by atoms with E-state index in [0.29, 0.717) is 35.9 Å². The molecule has 0 aromatic heterocycles. The second-order valence-electron chi connectivity index (χ2n) is 6.57. The number of hydrogen-bond donors (Lipinski definition) is 0. The van der Waals surface area contributed by atoms with Crippen LogP contribution in [0.3, 0.4) is 0 Å². The minimum atomic E-state index is -0.0448. The van der Waals surface area contributed by atoms with E-state index in [0.717, 1.165) is 30.2 Å². The van der Waals surface area contributed by atoms with Crippen molar-refractivity contribution >= 4 is 17.5 Å². The van der Waals surface area contributed by atoms with E-state index in [1.807, 2.05) is 29.2 Å². The van der Waals surface area contributed by atoms with E-state index in [-0.39, 0.29) is 5.91 Å². The molecule has 0 bridgehead atoms. The van der Waals surface area contributed by atoms with E-state index in [1.165, 1.54) is 0 Å². The van der Waals surface area contributed by atoms with Gasteiger partial charge in [0.2, 0.25) is 5.75 Å². The minimum Gasteiger partial charge on any atom is -0.493 e. The highest BCUT2D eigenvalue weighted by Gasteiger charge is 2.25. The fourth-order valence-electron chi connectivity index (χ4n) is 3.36. The van der Waals surface area contributed by atoms with Gasteiger partial charge in [0, 0.05) is 43.3 Å². The summed E-state index contributed by atoms with van der Waals surface area (Å²) < 4.78 is 16.0. The first-order valence-corrected chi connectivity index (χ1v) is 9.50. The molecule has 1 saturated heterocycles. The van der Waals surface area contributed by atoms with E-state index in [4.69, 9.17) is 25.8 Å². The Bertz CT molecular complexity index is 810. The van der Waals surface area contributed by atoms with Crippen molar-refractivity contribution in [2.75, 3.05) is 47.5 Å². The van der Waals surface area contributed by atoms with Gasteiger partial charge < -0.3 is 19.1 Å². The molecular weight excluding hydrogens is 380 g/mol. The van der Waals surface area contributed by atoms with Crippen LogP contribution in [-0.4, -0.2) is 63.2 Å².